The predicted octanol–water partition coefficient (Wildman–Crippen LogP) is 6.11. The van der Waals surface area contributed by atoms with E-state index in [1.54, 1.807) is 13.2 Å². The summed E-state index contributed by atoms with van der Waals surface area (Å²) in [6.07, 6.45) is 3.52. The number of hydrogen-bond acceptors (Lipinski definition) is 3. The number of carbonyl (C=O) groups excluding carboxylic acids is 2. The molecule has 2 N–H and O–H groups in total. The molecule has 5 nitrogen and oxygen atoms in total. The van der Waals surface area contributed by atoms with Gasteiger partial charge in [-0.1, -0.05) is 50.1 Å². The molecule has 0 saturated heterocycles. The fourth-order valence-electron chi connectivity index (χ4n) is 3.47. The van der Waals surface area contributed by atoms with Crippen molar-refractivity contribution < 1.29 is 14.3 Å². The number of carbonyl (C=O) groups is 2. The summed E-state index contributed by atoms with van der Waals surface area (Å²) in [5.41, 5.74) is 2.29. The lowest BCUT2D eigenvalue weighted by Crippen LogP contribution is -2.19. The fraction of sp³-hybridized carbons (Fsp3) is 0.308. The van der Waals surface area contributed by atoms with Gasteiger partial charge in [0, 0.05) is 17.8 Å². The molecule has 0 radical (unpaired) electrons. The Kier molecular flexibility index (Phi) is 7.65. The number of hydrogen-bond donors (Lipinski definition) is 2. The summed E-state index contributed by atoms with van der Waals surface area (Å²) in [7, 11) is 1.65. The van der Waals surface area contributed by atoms with Crippen LogP contribution in [0.1, 0.15) is 51.0 Å². The van der Waals surface area contributed by atoms with Gasteiger partial charge in [0.1, 0.15) is 5.75 Å². The Balaban J connectivity index is 1.65. The molecular formula is C26H30N2O3. The molecule has 3 aromatic carbocycles. The SMILES string of the molecule is CCCCCC(=O)Nc1cccc(NC(=O)[C@@H](C)c2ccc3cc(OC)ccc3c2)c1. The summed E-state index contributed by atoms with van der Waals surface area (Å²) in [6, 6.07) is 19.2. The molecule has 0 heterocycles. The molecule has 0 saturated carbocycles. The van der Waals surface area contributed by atoms with Crippen LogP contribution in [0, 0.1) is 0 Å². The van der Waals surface area contributed by atoms with Crippen LogP contribution in [-0.2, 0) is 9.59 Å². The van der Waals surface area contributed by atoms with E-state index in [0.29, 0.717) is 17.8 Å². The minimum Gasteiger partial charge on any atom is -0.497 e. The predicted molar refractivity (Wildman–Crippen MR) is 127 cm³/mol. The summed E-state index contributed by atoms with van der Waals surface area (Å²) in [4.78, 5) is 24.9. The lowest BCUT2D eigenvalue weighted by atomic mass is 9.97. The summed E-state index contributed by atoms with van der Waals surface area (Å²) < 4.78 is 5.27. The number of unbranched alkanes of at least 4 members (excludes halogenated alkanes) is 2. The van der Waals surface area contributed by atoms with Crippen LogP contribution in [0.25, 0.3) is 10.8 Å². The lowest BCUT2D eigenvalue weighted by molar-refractivity contribution is -0.117. The smallest absolute Gasteiger partial charge is 0.231 e. The first-order valence-corrected chi connectivity index (χ1v) is 10.8. The standard InChI is InChI=1S/C26H30N2O3/c1-4-5-6-10-25(29)27-22-8-7-9-23(17-22)28-26(30)18(2)19-11-12-21-16-24(31-3)14-13-20(21)15-19/h7-9,11-18H,4-6,10H2,1-3H3,(H,27,29)(H,28,30)/t18-/m0/s1. The lowest BCUT2D eigenvalue weighted by Gasteiger charge is -2.14. The molecule has 162 valence electrons. The molecule has 0 fully saturated rings. The van der Waals surface area contributed by atoms with Crippen molar-refractivity contribution in [2.75, 3.05) is 17.7 Å². The molecule has 0 aliphatic rings. The summed E-state index contributed by atoms with van der Waals surface area (Å²) in [5.74, 6) is 0.388. The first-order chi connectivity index (χ1) is 15.0. The van der Waals surface area contributed by atoms with Crippen LogP contribution in [0.15, 0.2) is 60.7 Å². The second-order valence-corrected chi connectivity index (χ2v) is 7.77. The van der Waals surface area contributed by atoms with Crippen molar-refractivity contribution in [3.05, 3.63) is 66.2 Å². The van der Waals surface area contributed by atoms with Gasteiger partial charge in [0.05, 0.1) is 13.0 Å². The van der Waals surface area contributed by atoms with Gasteiger partial charge in [0.2, 0.25) is 11.8 Å². The fourth-order valence-corrected chi connectivity index (χ4v) is 3.47. The van der Waals surface area contributed by atoms with Gasteiger partial charge in [-0.15, -0.1) is 0 Å². The van der Waals surface area contributed by atoms with E-state index < -0.39 is 0 Å². The van der Waals surface area contributed by atoms with Gasteiger partial charge in [-0.25, -0.2) is 0 Å². The summed E-state index contributed by atoms with van der Waals surface area (Å²) >= 11 is 0. The first kappa shape index (κ1) is 22.3. The van der Waals surface area contributed by atoms with Crippen molar-refractivity contribution in [3.63, 3.8) is 0 Å². The van der Waals surface area contributed by atoms with Crippen LogP contribution in [-0.4, -0.2) is 18.9 Å². The van der Waals surface area contributed by atoms with Gasteiger partial charge >= 0.3 is 0 Å². The van der Waals surface area contributed by atoms with Gasteiger partial charge in [0.25, 0.3) is 0 Å². The number of nitrogens with one attached hydrogen (secondary N) is 2. The molecular weight excluding hydrogens is 388 g/mol. The highest BCUT2D eigenvalue weighted by Gasteiger charge is 2.16. The van der Waals surface area contributed by atoms with Crippen LogP contribution in [0.5, 0.6) is 5.75 Å². The third kappa shape index (κ3) is 6.07. The van der Waals surface area contributed by atoms with Gasteiger partial charge < -0.3 is 15.4 Å². The molecule has 0 aliphatic carbocycles. The van der Waals surface area contributed by atoms with Gasteiger partial charge in [-0.05, 0) is 60.0 Å². The molecule has 0 unspecified atom stereocenters. The zero-order chi connectivity index (χ0) is 22.2. The monoisotopic (exact) mass is 418 g/mol. The number of anilines is 2. The van der Waals surface area contributed by atoms with E-state index in [9.17, 15) is 9.59 Å². The Labute approximate surface area is 183 Å². The molecule has 1 atom stereocenters. The zero-order valence-corrected chi connectivity index (χ0v) is 18.4. The van der Waals surface area contributed by atoms with E-state index in [0.717, 1.165) is 41.3 Å². The molecule has 0 aliphatic heterocycles. The maximum atomic E-state index is 12.8. The average Bonchev–Trinajstić information content (AvgIpc) is 2.78. The van der Waals surface area contributed by atoms with Crippen molar-refractivity contribution in [2.45, 2.75) is 45.4 Å². The minimum absolute atomic E-state index is 0.00177. The van der Waals surface area contributed by atoms with E-state index >= 15 is 0 Å². The first-order valence-electron chi connectivity index (χ1n) is 10.8. The number of amides is 2. The third-order valence-electron chi connectivity index (χ3n) is 5.39. The summed E-state index contributed by atoms with van der Waals surface area (Å²) in [5, 5.41) is 8.00. The van der Waals surface area contributed by atoms with Gasteiger partial charge in [-0.3, -0.25) is 9.59 Å². The average molecular weight is 419 g/mol. The van der Waals surface area contributed by atoms with Crippen LogP contribution in [0.2, 0.25) is 0 Å². The number of rotatable bonds is 9. The Morgan fingerprint density at radius 3 is 2.35 bits per heavy atom. The molecule has 0 aromatic heterocycles. The highest BCUT2D eigenvalue weighted by Crippen LogP contribution is 2.26. The quantitative estimate of drug-likeness (QED) is 0.412. The maximum Gasteiger partial charge on any atom is 0.231 e. The summed E-state index contributed by atoms with van der Waals surface area (Å²) in [6.45, 7) is 4.00. The molecule has 31 heavy (non-hydrogen) atoms. The van der Waals surface area contributed by atoms with Crippen molar-refractivity contribution in [1.82, 2.24) is 0 Å². The van der Waals surface area contributed by atoms with Crippen molar-refractivity contribution in [1.29, 1.82) is 0 Å². The molecule has 2 amide bonds. The van der Waals surface area contributed by atoms with E-state index in [1.807, 2.05) is 61.5 Å². The molecule has 0 spiro atoms. The van der Waals surface area contributed by atoms with Crippen molar-refractivity contribution >= 4 is 34.0 Å². The third-order valence-corrected chi connectivity index (χ3v) is 5.39. The number of benzene rings is 3. The second-order valence-electron chi connectivity index (χ2n) is 7.77. The number of methoxy groups -OCH3 is 1. The topological polar surface area (TPSA) is 67.4 Å². The minimum atomic E-state index is -0.321. The van der Waals surface area contributed by atoms with E-state index in [4.69, 9.17) is 4.74 Å². The zero-order valence-electron chi connectivity index (χ0n) is 18.4. The molecule has 3 aromatic rings. The largest absolute Gasteiger partial charge is 0.497 e. The molecule has 0 bridgehead atoms. The number of fused-ring (bicyclic) bond motifs is 1. The highest BCUT2D eigenvalue weighted by atomic mass is 16.5. The maximum absolute atomic E-state index is 12.8. The van der Waals surface area contributed by atoms with Crippen LogP contribution >= 0.6 is 0 Å². The van der Waals surface area contributed by atoms with Crippen LogP contribution < -0.4 is 15.4 Å². The van der Waals surface area contributed by atoms with E-state index in [1.165, 1.54) is 0 Å². The Hall–Kier alpha value is -3.34. The Morgan fingerprint density at radius 1 is 0.903 bits per heavy atom. The molecule has 3 rings (SSSR count). The van der Waals surface area contributed by atoms with Gasteiger partial charge in [-0.2, -0.15) is 0 Å². The van der Waals surface area contributed by atoms with Crippen LogP contribution in [0.3, 0.4) is 0 Å². The Bertz CT molecular complexity index is 1060. The highest BCUT2D eigenvalue weighted by molar-refractivity contribution is 5.97. The van der Waals surface area contributed by atoms with Crippen molar-refractivity contribution in [3.8, 4) is 5.75 Å². The number of ether oxygens (including phenoxy) is 1. The van der Waals surface area contributed by atoms with E-state index in [-0.39, 0.29) is 17.7 Å². The van der Waals surface area contributed by atoms with Crippen molar-refractivity contribution in [2.24, 2.45) is 0 Å². The van der Waals surface area contributed by atoms with Gasteiger partial charge in [0.15, 0.2) is 0 Å². The Morgan fingerprint density at radius 2 is 1.61 bits per heavy atom. The van der Waals surface area contributed by atoms with E-state index in [2.05, 4.69) is 17.6 Å². The molecule has 5 heteroatoms. The van der Waals surface area contributed by atoms with Crippen LogP contribution in [0.4, 0.5) is 11.4 Å². The normalized spacial score (nSPS) is 11.7. The second kappa shape index (κ2) is 10.6.